The van der Waals surface area contributed by atoms with Gasteiger partial charge in [0.2, 0.25) is 0 Å². The van der Waals surface area contributed by atoms with Crippen molar-refractivity contribution in [2.75, 3.05) is 7.05 Å². The van der Waals surface area contributed by atoms with Gasteiger partial charge in [-0.25, -0.2) is 0 Å². The Morgan fingerprint density at radius 3 is 2.62 bits per heavy atom. The minimum Gasteiger partial charge on any atom is -0.293 e. The van der Waals surface area contributed by atoms with Gasteiger partial charge in [-0.15, -0.1) is 0 Å². The zero-order valence-electron chi connectivity index (χ0n) is 5.09. The van der Waals surface area contributed by atoms with Crippen molar-refractivity contribution in [2.45, 2.75) is 6.92 Å². The van der Waals surface area contributed by atoms with Crippen molar-refractivity contribution in [1.29, 1.82) is 0 Å². The largest absolute Gasteiger partial charge is 0.293 e. The maximum absolute atomic E-state index is 4.55. The standard InChI is InChI=1S/C6H9NS/c1-6(7-2)4-3-5-8/h3-5H,1-2H3/b4-3-,7-6-. The van der Waals surface area contributed by atoms with E-state index >= 15 is 0 Å². The van der Waals surface area contributed by atoms with Crippen molar-refractivity contribution in [1.82, 2.24) is 0 Å². The lowest BCUT2D eigenvalue weighted by molar-refractivity contribution is 1.43. The van der Waals surface area contributed by atoms with Gasteiger partial charge in [0.25, 0.3) is 0 Å². The molecule has 1 nitrogen and oxygen atoms in total. The van der Waals surface area contributed by atoms with Gasteiger partial charge in [0, 0.05) is 18.1 Å². The van der Waals surface area contributed by atoms with E-state index in [-0.39, 0.29) is 0 Å². The third-order valence-corrected chi connectivity index (χ3v) is 0.926. The summed E-state index contributed by atoms with van der Waals surface area (Å²) in [7, 11) is 1.75. The van der Waals surface area contributed by atoms with Crippen LogP contribution in [-0.2, 0) is 0 Å². The molecule has 2 heteroatoms. The Morgan fingerprint density at radius 2 is 2.25 bits per heavy atom. The fourth-order valence-electron chi connectivity index (χ4n) is 0.253. The fraction of sp³-hybridized carbons (Fsp3) is 0.333. The van der Waals surface area contributed by atoms with Crippen molar-refractivity contribution in [2.24, 2.45) is 4.99 Å². The molecule has 0 aromatic rings. The summed E-state index contributed by atoms with van der Waals surface area (Å²) < 4.78 is 0. The quantitative estimate of drug-likeness (QED) is 0.312. The van der Waals surface area contributed by atoms with Crippen LogP contribution < -0.4 is 0 Å². The van der Waals surface area contributed by atoms with Crippen LogP contribution in [0.15, 0.2) is 17.1 Å². The summed E-state index contributed by atoms with van der Waals surface area (Å²) in [5, 5.41) is 1.56. The van der Waals surface area contributed by atoms with E-state index in [1.807, 2.05) is 13.0 Å². The molecule has 44 valence electrons. The number of rotatable bonds is 2. The van der Waals surface area contributed by atoms with Crippen LogP contribution in [0.4, 0.5) is 0 Å². The fourth-order valence-corrected chi connectivity index (χ4v) is 0.332. The smallest absolute Gasteiger partial charge is 0.0314 e. The highest BCUT2D eigenvalue weighted by molar-refractivity contribution is 7.79. The third-order valence-electron chi connectivity index (χ3n) is 0.769. The molecule has 0 amide bonds. The van der Waals surface area contributed by atoms with Crippen molar-refractivity contribution in [3.8, 4) is 0 Å². The lowest BCUT2D eigenvalue weighted by Crippen LogP contribution is -1.80. The number of allylic oxidation sites excluding steroid dienone is 2. The molecule has 0 unspecified atom stereocenters. The van der Waals surface area contributed by atoms with Gasteiger partial charge in [0.15, 0.2) is 0 Å². The van der Waals surface area contributed by atoms with E-state index in [4.69, 9.17) is 0 Å². The first-order chi connectivity index (χ1) is 3.81. The number of nitrogens with zero attached hydrogens (tertiary/aromatic N) is 1. The van der Waals surface area contributed by atoms with Crippen LogP contribution in [0.1, 0.15) is 6.92 Å². The van der Waals surface area contributed by atoms with Crippen LogP contribution in [0.5, 0.6) is 0 Å². The van der Waals surface area contributed by atoms with Crippen LogP contribution in [0.3, 0.4) is 0 Å². The second-order valence-electron chi connectivity index (χ2n) is 1.36. The van der Waals surface area contributed by atoms with E-state index in [0.29, 0.717) is 0 Å². The SMILES string of the molecule is C/N=C(C)\C=C/C=S. The Hall–Kier alpha value is -0.500. The van der Waals surface area contributed by atoms with Gasteiger partial charge in [0.05, 0.1) is 0 Å². The second-order valence-corrected chi connectivity index (χ2v) is 1.63. The molecule has 8 heavy (non-hydrogen) atoms. The highest BCUT2D eigenvalue weighted by Crippen LogP contribution is 1.75. The molecule has 0 fully saturated rings. The van der Waals surface area contributed by atoms with Gasteiger partial charge in [0.1, 0.15) is 0 Å². The summed E-state index contributed by atoms with van der Waals surface area (Å²) in [6.45, 7) is 1.93. The minimum atomic E-state index is 0.992. The van der Waals surface area contributed by atoms with Crippen molar-refractivity contribution < 1.29 is 0 Å². The summed E-state index contributed by atoms with van der Waals surface area (Å²) in [6.07, 6.45) is 3.66. The summed E-state index contributed by atoms with van der Waals surface area (Å²) in [4.78, 5) is 3.89. The van der Waals surface area contributed by atoms with Crippen molar-refractivity contribution in [3.05, 3.63) is 12.2 Å². The molecule has 0 N–H and O–H groups in total. The van der Waals surface area contributed by atoms with E-state index in [1.165, 1.54) is 0 Å². The van der Waals surface area contributed by atoms with Crippen LogP contribution in [-0.4, -0.2) is 18.1 Å². The van der Waals surface area contributed by atoms with Gasteiger partial charge < -0.3 is 0 Å². The van der Waals surface area contributed by atoms with Crippen LogP contribution in [0.25, 0.3) is 0 Å². The molecule has 0 rings (SSSR count). The molecule has 0 aromatic carbocycles. The molecule has 0 heterocycles. The van der Waals surface area contributed by atoms with Gasteiger partial charge in [-0.3, -0.25) is 4.99 Å². The number of thiocarbonyl (C=S) groups is 1. The lowest BCUT2D eigenvalue weighted by atomic mass is 10.4. The Morgan fingerprint density at radius 1 is 1.62 bits per heavy atom. The Labute approximate surface area is 55.1 Å². The molecule has 0 bridgehead atoms. The predicted molar refractivity (Wildman–Crippen MR) is 41.8 cm³/mol. The van der Waals surface area contributed by atoms with E-state index in [9.17, 15) is 0 Å². The Kier molecular flexibility index (Phi) is 4.36. The van der Waals surface area contributed by atoms with Crippen LogP contribution in [0, 0.1) is 0 Å². The maximum Gasteiger partial charge on any atom is 0.0314 e. The maximum atomic E-state index is 4.55. The second kappa shape index (κ2) is 4.65. The highest BCUT2D eigenvalue weighted by atomic mass is 32.1. The van der Waals surface area contributed by atoms with E-state index in [2.05, 4.69) is 17.2 Å². The normalized spacial score (nSPS) is 12.5. The van der Waals surface area contributed by atoms with E-state index < -0.39 is 0 Å². The van der Waals surface area contributed by atoms with E-state index in [1.54, 1.807) is 18.5 Å². The first kappa shape index (κ1) is 7.50. The molecular formula is C6H9NS. The summed E-state index contributed by atoms with van der Waals surface area (Å²) >= 11 is 4.55. The first-order valence-corrected chi connectivity index (χ1v) is 2.83. The Balaban J connectivity index is 3.69. The molecule has 0 saturated heterocycles. The molecule has 0 aromatic heterocycles. The molecule has 0 aliphatic rings. The summed E-state index contributed by atoms with van der Waals surface area (Å²) in [5.74, 6) is 0. The zero-order chi connectivity index (χ0) is 6.41. The van der Waals surface area contributed by atoms with Crippen molar-refractivity contribution >= 4 is 23.3 Å². The van der Waals surface area contributed by atoms with E-state index in [0.717, 1.165) is 5.71 Å². The molecule has 0 aliphatic carbocycles. The highest BCUT2D eigenvalue weighted by Gasteiger charge is 1.73. The average Bonchev–Trinajstić information content (AvgIpc) is 1.83. The van der Waals surface area contributed by atoms with Crippen LogP contribution >= 0.6 is 12.2 Å². The van der Waals surface area contributed by atoms with Crippen molar-refractivity contribution in [3.63, 3.8) is 0 Å². The molecule has 0 aliphatic heterocycles. The monoisotopic (exact) mass is 127 g/mol. The first-order valence-electron chi connectivity index (χ1n) is 2.36. The van der Waals surface area contributed by atoms with Gasteiger partial charge >= 0.3 is 0 Å². The molecule has 0 radical (unpaired) electrons. The zero-order valence-corrected chi connectivity index (χ0v) is 5.90. The average molecular weight is 127 g/mol. The molecule has 0 saturated carbocycles. The minimum absolute atomic E-state index is 0.992. The predicted octanol–water partition coefficient (Wildman–Crippen LogP) is 1.63. The van der Waals surface area contributed by atoms with Crippen LogP contribution in [0.2, 0.25) is 0 Å². The lowest BCUT2D eigenvalue weighted by Gasteiger charge is -1.81. The number of hydrogen-bond acceptors (Lipinski definition) is 2. The molecular weight excluding hydrogens is 118 g/mol. The number of hydrogen-bond donors (Lipinski definition) is 0. The molecule has 0 spiro atoms. The summed E-state index contributed by atoms with van der Waals surface area (Å²) in [5.41, 5.74) is 0.992. The van der Waals surface area contributed by atoms with Gasteiger partial charge in [-0.2, -0.15) is 0 Å². The Bertz CT molecular complexity index is 124. The topological polar surface area (TPSA) is 12.4 Å². The third kappa shape index (κ3) is 3.68. The molecule has 0 atom stereocenters. The summed E-state index contributed by atoms with van der Waals surface area (Å²) in [6, 6.07) is 0. The number of aliphatic imine (C=N–C) groups is 1. The van der Waals surface area contributed by atoms with Gasteiger partial charge in [-0.1, -0.05) is 12.2 Å². The van der Waals surface area contributed by atoms with Gasteiger partial charge in [-0.05, 0) is 19.1 Å².